The van der Waals surface area contributed by atoms with Crippen molar-refractivity contribution in [3.8, 4) is 0 Å². The largest absolute Gasteiger partial charge is 0.432 e. The summed E-state index contributed by atoms with van der Waals surface area (Å²) in [5.41, 5.74) is 1.76. The lowest BCUT2D eigenvalue weighted by Crippen LogP contribution is -2.46. The lowest BCUT2D eigenvalue weighted by atomic mass is 9.82. The van der Waals surface area contributed by atoms with Crippen molar-refractivity contribution < 1.29 is 29.0 Å². The van der Waals surface area contributed by atoms with Crippen LogP contribution in [-0.2, 0) is 37.8 Å². The third-order valence-corrected chi connectivity index (χ3v) is 13.2. The van der Waals surface area contributed by atoms with E-state index in [2.05, 4.69) is 10.6 Å². The molecule has 50 heavy (non-hydrogen) atoms. The molecule has 4 N–H and O–H groups in total. The monoisotopic (exact) mass is 718 g/mol. The number of anilines is 2. The highest BCUT2D eigenvalue weighted by Gasteiger charge is 2.66. The minimum Gasteiger partial charge on any atom is -0.432 e. The molecule has 10 nitrogen and oxygen atoms in total. The number of amides is 3. The number of halogens is 1. The van der Waals surface area contributed by atoms with Gasteiger partial charge in [0.25, 0.3) is 5.91 Å². The Hall–Kier alpha value is -3.58. The molecule has 12 heteroatoms. The molecule has 1 unspecified atom stereocenters. The van der Waals surface area contributed by atoms with Crippen molar-refractivity contribution in [1.29, 1.82) is 0 Å². The van der Waals surface area contributed by atoms with Crippen LogP contribution >= 0.6 is 11.6 Å². The fraction of sp³-hybridized carbons (Fsp3) is 0.447. The number of benzene rings is 3. The SMILES string of the molecule is C[C@@H]1[C@@H]([Si](C)(C)O)[C@H](CC(=O)N(CCO)Cc2ccccc2)O[C@@]12C(=O)N(Cc1cccc(NC(=O)C3CCCNC3)c1)c1ccc(Cl)cc12. The van der Waals surface area contributed by atoms with Gasteiger partial charge >= 0.3 is 0 Å². The van der Waals surface area contributed by atoms with Gasteiger partial charge in [0, 0.05) is 47.4 Å². The molecule has 3 aliphatic rings. The first-order chi connectivity index (χ1) is 23.9. The molecular weight excluding hydrogens is 672 g/mol. The molecule has 3 aromatic rings. The van der Waals surface area contributed by atoms with Gasteiger partial charge in [0.1, 0.15) is 0 Å². The summed E-state index contributed by atoms with van der Waals surface area (Å²) in [6, 6.07) is 22.4. The summed E-state index contributed by atoms with van der Waals surface area (Å²) in [4.78, 5) is 56.7. The summed E-state index contributed by atoms with van der Waals surface area (Å²) in [5, 5.41) is 16.6. The predicted octanol–water partition coefficient (Wildman–Crippen LogP) is 5.03. The van der Waals surface area contributed by atoms with Crippen LogP contribution in [0.5, 0.6) is 0 Å². The van der Waals surface area contributed by atoms with Crippen LogP contribution in [0, 0.1) is 11.8 Å². The number of carbonyl (C=O) groups is 3. The molecule has 0 radical (unpaired) electrons. The number of hydrogen-bond acceptors (Lipinski definition) is 7. The molecule has 3 aromatic carbocycles. The summed E-state index contributed by atoms with van der Waals surface area (Å²) < 4.78 is 6.87. The second-order valence-corrected chi connectivity index (χ2v) is 18.8. The molecule has 3 heterocycles. The normalized spacial score (nSPS) is 24.8. The van der Waals surface area contributed by atoms with E-state index in [1.165, 1.54) is 0 Å². The number of fused-ring (bicyclic) bond motifs is 2. The minimum absolute atomic E-state index is 0.0255. The van der Waals surface area contributed by atoms with Gasteiger partial charge in [-0.1, -0.05) is 61.0 Å². The molecule has 0 aliphatic carbocycles. The van der Waals surface area contributed by atoms with Crippen LogP contribution < -0.4 is 15.5 Å². The van der Waals surface area contributed by atoms with Crippen LogP contribution in [0.2, 0.25) is 23.7 Å². The summed E-state index contributed by atoms with van der Waals surface area (Å²) >= 11 is 6.57. The quantitative estimate of drug-likeness (QED) is 0.205. The third kappa shape index (κ3) is 7.26. The number of rotatable bonds is 11. The zero-order valence-electron chi connectivity index (χ0n) is 28.9. The van der Waals surface area contributed by atoms with Gasteiger partial charge in [-0.2, -0.15) is 0 Å². The minimum atomic E-state index is -3.03. The zero-order valence-corrected chi connectivity index (χ0v) is 30.7. The molecule has 6 rings (SSSR count). The van der Waals surface area contributed by atoms with Gasteiger partial charge < -0.3 is 35.1 Å². The lowest BCUT2D eigenvalue weighted by Gasteiger charge is -2.32. The Balaban J connectivity index is 1.28. The average molecular weight is 719 g/mol. The van der Waals surface area contributed by atoms with Crippen LogP contribution in [0.1, 0.15) is 42.9 Å². The number of aliphatic hydroxyl groups is 1. The standard InChI is InChI=1S/C38H47ClN4O6Si/c1-25-35(50(2,3)48)33(21-34(45)42(17-18-44)23-26-9-5-4-6-10-26)49-38(25)31-20-29(39)14-15-32(31)43(37(38)47)24-27-11-7-13-30(19-27)41-36(46)28-12-8-16-40-22-28/h4-7,9-11,13-15,19-20,25,28,33,35,40,44,48H,8,12,16-18,21-24H2,1-3H3,(H,41,46)/t25-,28?,33+,35-,38+/m1/s1. The van der Waals surface area contributed by atoms with Crippen LogP contribution in [0.4, 0.5) is 11.4 Å². The molecule has 2 fully saturated rings. The summed E-state index contributed by atoms with van der Waals surface area (Å²) in [7, 11) is -3.03. The Morgan fingerprint density at radius 2 is 1.86 bits per heavy atom. The lowest BCUT2D eigenvalue weighted by molar-refractivity contribution is -0.150. The first-order valence-electron chi connectivity index (χ1n) is 17.5. The first kappa shape index (κ1) is 36.2. The molecule has 0 saturated carbocycles. The van der Waals surface area contributed by atoms with Crippen LogP contribution in [-0.4, -0.2) is 73.2 Å². The van der Waals surface area contributed by atoms with E-state index in [0.717, 1.165) is 30.5 Å². The van der Waals surface area contributed by atoms with Gasteiger partial charge in [0.05, 0.1) is 37.3 Å². The first-order valence-corrected chi connectivity index (χ1v) is 20.9. The Labute approximate surface area is 299 Å². The van der Waals surface area contributed by atoms with Gasteiger partial charge in [-0.05, 0) is 73.9 Å². The Bertz CT molecular complexity index is 1710. The van der Waals surface area contributed by atoms with E-state index in [1.807, 2.05) is 80.7 Å². The molecular formula is C38H47ClN4O6Si. The fourth-order valence-corrected chi connectivity index (χ4v) is 10.9. The van der Waals surface area contributed by atoms with E-state index in [-0.39, 0.29) is 49.8 Å². The predicted molar refractivity (Wildman–Crippen MR) is 196 cm³/mol. The number of aliphatic hydroxyl groups excluding tert-OH is 1. The molecule has 266 valence electrons. The molecule has 0 bridgehead atoms. The molecule has 3 aliphatic heterocycles. The number of nitrogens with zero attached hydrogens (tertiary/aromatic N) is 2. The van der Waals surface area contributed by atoms with E-state index in [1.54, 1.807) is 21.9 Å². The number of carbonyl (C=O) groups excluding carboxylic acids is 3. The van der Waals surface area contributed by atoms with Crippen molar-refractivity contribution in [2.45, 2.75) is 69.6 Å². The Morgan fingerprint density at radius 1 is 1.10 bits per heavy atom. The van der Waals surface area contributed by atoms with Gasteiger partial charge in [0.15, 0.2) is 13.9 Å². The van der Waals surface area contributed by atoms with Crippen LogP contribution in [0.15, 0.2) is 72.8 Å². The zero-order chi connectivity index (χ0) is 35.6. The molecule has 5 atom stereocenters. The number of ether oxygens (including phenoxy) is 1. The summed E-state index contributed by atoms with van der Waals surface area (Å²) in [6.07, 6.45) is 1.00. The Kier molecular flexibility index (Phi) is 10.8. The molecule has 0 aromatic heterocycles. The van der Waals surface area contributed by atoms with E-state index in [0.29, 0.717) is 35.1 Å². The van der Waals surface area contributed by atoms with Crippen molar-refractivity contribution >= 4 is 49.0 Å². The highest BCUT2D eigenvalue weighted by molar-refractivity contribution is 6.71. The van der Waals surface area contributed by atoms with E-state index >= 15 is 0 Å². The Morgan fingerprint density at radius 3 is 2.56 bits per heavy atom. The van der Waals surface area contributed by atoms with Crippen molar-refractivity contribution in [3.05, 3.63) is 94.5 Å². The number of piperidine rings is 1. The molecule has 2 saturated heterocycles. The van der Waals surface area contributed by atoms with E-state index < -0.39 is 31.5 Å². The highest BCUT2D eigenvalue weighted by Crippen LogP contribution is 2.60. The molecule has 3 amide bonds. The van der Waals surface area contributed by atoms with Gasteiger partial charge in [-0.3, -0.25) is 14.4 Å². The number of hydrogen-bond donors (Lipinski definition) is 4. The van der Waals surface area contributed by atoms with Gasteiger partial charge in [0.2, 0.25) is 11.8 Å². The number of nitrogens with one attached hydrogen (secondary N) is 2. The summed E-state index contributed by atoms with van der Waals surface area (Å²) in [5.74, 6) is -1.10. The second kappa shape index (κ2) is 15.0. The maximum Gasteiger partial charge on any atom is 0.264 e. The maximum absolute atomic E-state index is 14.8. The van der Waals surface area contributed by atoms with Crippen molar-refractivity contribution in [2.75, 3.05) is 36.5 Å². The summed E-state index contributed by atoms with van der Waals surface area (Å²) in [6.45, 7) is 7.64. The topological polar surface area (TPSA) is 131 Å². The van der Waals surface area contributed by atoms with E-state index in [4.69, 9.17) is 16.3 Å². The van der Waals surface area contributed by atoms with Gasteiger partial charge in [-0.25, -0.2) is 0 Å². The van der Waals surface area contributed by atoms with Crippen LogP contribution in [0.3, 0.4) is 0 Å². The fourth-order valence-electron chi connectivity index (χ4n) is 8.17. The third-order valence-electron chi connectivity index (χ3n) is 10.5. The van der Waals surface area contributed by atoms with Crippen molar-refractivity contribution in [1.82, 2.24) is 10.2 Å². The average Bonchev–Trinajstić information content (AvgIpc) is 3.51. The highest BCUT2D eigenvalue weighted by atomic mass is 35.5. The second-order valence-electron chi connectivity index (χ2n) is 14.4. The van der Waals surface area contributed by atoms with Crippen LogP contribution in [0.25, 0.3) is 0 Å². The van der Waals surface area contributed by atoms with E-state index in [9.17, 15) is 24.3 Å². The van der Waals surface area contributed by atoms with Crippen molar-refractivity contribution in [2.24, 2.45) is 11.8 Å². The smallest absolute Gasteiger partial charge is 0.264 e. The van der Waals surface area contributed by atoms with Gasteiger partial charge in [-0.15, -0.1) is 0 Å². The maximum atomic E-state index is 14.8. The van der Waals surface area contributed by atoms with Crippen molar-refractivity contribution in [3.63, 3.8) is 0 Å². The molecule has 1 spiro atoms.